The molecule has 1 amide bonds. The molecule has 1 N–H and O–H groups in total. The summed E-state index contributed by atoms with van der Waals surface area (Å²) in [6.45, 7) is 5.35. The van der Waals surface area contributed by atoms with Crippen LogP contribution in [0, 0.1) is 13.8 Å². The number of benzene rings is 2. The van der Waals surface area contributed by atoms with Crippen molar-refractivity contribution in [3.63, 3.8) is 0 Å². The van der Waals surface area contributed by atoms with Crippen molar-refractivity contribution < 1.29 is 22.8 Å². The number of nitrogens with one attached hydrogen (secondary N) is 1. The van der Waals surface area contributed by atoms with E-state index in [0.717, 1.165) is 16.8 Å². The lowest BCUT2D eigenvalue weighted by Crippen LogP contribution is -2.15. The third kappa shape index (κ3) is 5.73. The van der Waals surface area contributed by atoms with Crippen LogP contribution in [0.25, 0.3) is 11.3 Å². The number of alkyl halides is 2. The molecule has 186 valence electrons. The van der Waals surface area contributed by atoms with Crippen LogP contribution in [0.1, 0.15) is 41.5 Å². The number of hydrogen-bond acceptors (Lipinski definition) is 6. The van der Waals surface area contributed by atoms with Gasteiger partial charge >= 0.3 is 0 Å². The van der Waals surface area contributed by atoms with Gasteiger partial charge in [-0.25, -0.2) is 18.7 Å². The van der Waals surface area contributed by atoms with E-state index < -0.39 is 5.92 Å². The van der Waals surface area contributed by atoms with Crippen molar-refractivity contribution in [2.45, 2.75) is 46.1 Å². The van der Waals surface area contributed by atoms with Crippen molar-refractivity contribution >= 4 is 11.6 Å². The number of carbonyl (C=O) groups excluding carboxylic acids is 1. The van der Waals surface area contributed by atoms with Crippen LogP contribution >= 0.6 is 0 Å². The molecule has 2 heterocycles. The first-order chi connectivity index (χ1) is 17.3. The van der Waals surface area contributed by atoms with Crippen LogP contribution in [-0.4, -0.2) is 21.0 Å². The number of aryl methyl sites for hydroxylation is 2. The first-order valence-corrected chi connectivity index (χ1v) is 11.5. The Balaban J connectivity index is 1.40. The second-order valence-electron chi connectivity index (χ2n) is 8.36. The second kappa shape index (κ2) is 10.6. The van der Waals surface area contributed by atoms with Crippen molar-refractivity contribution in [1.29, 1.82) is 0 Å². The Morgan fingerprint density at radius 3 is 2.36 bits per heavy atom. The summed E-state index contributed by atoms with van der Waals surface area (Å²) in [4.78, 5) is 21.2. The molecule has 0 radical (unpaired) electrons. The van der Waals surface area contributed by atoms with E-state index >= 15 is 0 Å². The fourth-order valence-corrected chi connectivity index (χ4v) is 3.65. The van der Waals surface area contributed by atoms with Gasteiger partial charge in [0, 0.05) is 35.6 Å². The van der Waals surface area contributed by atoms with Gasteiger partial charge in [-0.15, -0.1) is 0 Å². The van der Waals surface area contributed by atoms with Crippen molar-refractivity contribution in [1.82, 2.24) is 15.1 Å². The topological polar surface area (TPSA) is 90.1 Å². The molecular weight excluding hydrogens is 466 g/mol. The molecule has 4 aromatic rings. The van der Waals surface area contributed by atoms with Crippen LogP contribution in [0.2, 0.25) is 0 Å². The molecule has 0 atom stereocenters. The van der Waals surface area contributed by atoms with E-state index in [4.69, 9.17) is 9.26 Å². The van der Waals surface area contributed by atoms with Gasteiger partial charge in [0.05, 0.1) is 17.7 Å². The van der Waals surface area contributed by atoms with E-state index in [1.807, 2.05) is 26.0 Å². The van der Waals surface area contributed by atoms with E-state index in [-0.39, 0.29) is 30.9 Å². The fraction of sp³-hybridized carbons (Fsp3) is 0.259. The molecule has 9 heteroatoms. The lowest BCUT2D eigenvalue weighted by Gasteiger charge is -2.14. The predicted octanol–water partition coefficient (Wildman–Crippen LogP) is 6.01. The van der Waals surface area contributed by atoms with Gasteiger partial charge in [-0.05, 0) is 31.5 Å². The summed E-state index contributed by atoms with van der Waals surface area (Å²) in [5, 5.41) is 6.75. The van der Waals surface area contributed by atoms with Crippen molar-refractivity contribution in [2.24, 2.45) is 0 Å². The minimum absolute atomic E-state index is 0.0520. The third-order valence-electron chi connectivity index (χ3n) is 5.83. The summed E-state index contributed by atoms with van der Waals surface area (Å²) in [5.74, 6) is -2.06. The second-order valence-corrected chi connectivity index (χ2v) is 8.36. The average Bonchev–Trinajstić information content (AvgIpc) is 3.20. The van der Waals surface area contributed by atoms with Gasteiger partial charge in [0.1, 0.15) is 18.1 Å². The summed E-state index contributed by atoms with van der Waals surface area (Å²) in [7, 11) is 0. The number of anilines is 1. The highest BCUT2D eigenvalue weighted by Gasteiger charge is 2.28. The molecule has 4 rings (SSSR count). The number of nitrogens with zero attached hydrogens (tertiary/aromatic N) is 3. The first-order valence-electron chi connectivity index (χ1n) is 11.5. The molecule has 0 aliphatic rings. The number of hydrogen-bond donors (Lipinski definition) is 1. The maximum absolute atomic E-state index is 13.8. The standard InChI is InChI=1S/C27H26F2N4O3/c1-4-27(28,29)21-9-5-19(6-10-21)15-24(34)32-22-11-7-20(8-12-22)25-26(31-14-13-30-25)35-16-23-17(2)33-36-18(23)3/h5-14H,4,15-16H2,1-3H3,(H,32,34). The summed E-state index contributed by atoms with van der Waals surface area (Å²) in [5.41, 5.74) is 4.14. The maximum Gasteiger partial charge on any atom is 0.273 e. The Labute approximate surface area is 207 Å². The Morgan fingerprint density at radius 1 is 1.03 bits per heavy atom. The molecule has 0 saturated carbocycles. The van der Waals surface area contributed by atoms with Gasteiger partial charge in [-0.1, -0.05) is 48.5 Å². The maximum atomic E-state index is 13.8. The van der Waals surface area contributed by atoms with Gasteiger partial charge in [0.25, 0.3) is 5.92 Å². The van der Waals surface area contributed by atoms with Crippen LogP contribution in [0.15, 0.2) is 65.4 Å². The van der Waals surface area contributed by atoms with E-state index in [0.29, 0.717) is 28.6 Å². The smallest absolute Gasteiger partial charge is 0.273 e. The summed E-state index contributed by atoms with van der Waals surface area (Å²) >= 11 is 0. The van der Waals surface area contributed by atoms with E-state index in [1.54, 1.807) is 36.7 Å². The quantitative estimate of drug-likeness (QED) is 0.308. The summed E-state index contributed by atoms with van der Waals surface area (Å²) in [6.07, 6.45) is 2.93. The SMILES string of the molecule is CCC(F)(F)c1ccc(CC(=O)Nc2ccc(-c3nccnc3OCc3c(C)noc3C)cc2)cc1. The monoisotopic (exact) mass is 492 g/mol. The highest BCUT2D eigenvalue weighted by molar-refractivity contribution is 5.92. The van der Waals surface area contributed by atoms with Gasteiger partial charge in [-0.3, -0.25) is 4.79 Å². The van der Waals surface area contributed by atoms with Crippen LogP contribution in [0.3, 0.4) is 0 Å². The van der Waals surface area contributed by atoms with Gasteiger partial charge in [0.2, 0.25) is 11.8 Å². The highest BCUT2D eigenvalue weighted by Crippen LogP contribution is 2.31. The molecule has 0 aliphatic heterocycles. The first kappa shape index (κ1) is 25.0. The molecule has 2 aromatic heterocycles. The Morgan fingerprint density at radius 2 is 1.72 bits per heavy atom. The number of ether oxygens (including phenoxy) is 1. The van der Waals surface area contributed by atoms with Crippen LogP contribution < -0.4 is 10.1 Å². The number of carbonyl (C=O) groups is 1. The number of halogens is 2. The molecule has 7 nitrogen and oxygen atoms in total. The van der Waals surface area contributed by atoms with Crippen molar-refractivity contribution in [2.75, 3.05) is 5.32 Å². The fourth-order valence-electron chi connectivity index (χ4n) is 3.65. The summed E-state index contributed by atoms with van der Waals surface area (Å²) in [6, 6.07) is 13.0. The van der Waals surface area contributed by atoms with E-state index in [1.165, 1.54) is 19.1 Å². The molecule has 2 aromatic carbocycles. The molecule has 0 fully saturated rings. The lowest BCUT2D eigenvalue weighted by atomic mass is 10.0. The molecule has 36 heavy (non-hydrogen) atoms. The highest BCUT2D eigenvalue weighted by atomic mass is 19.3. The normalized spacial score (nSPS) is 11.4. The van der Waals surface area contributed by atoms with Crippen LogP contribution in [0.4, 0.5) is 14.5 Å². The molecule has 0 spiro atoms. The number of amides is 1. The van der Waals surface area contributed by atoms with Crippen LogP contribution in [0.5, 0.6) is 5.88 Å². The average molecular weight is 493 g/mol. The molecule has 0 saturated heterocycles. The zero-order chi connectivity index (χ0) is 25.7. The zero-order valence-electron chi connectivity index (χ0n) is 20.2. The lowest BCUT2D eigenvalue weighted by molar-refractivity contribution is -0.115. The summed E-state index contributed by atoms with van der Waals surface area (Å²) < 4.78 is 38.6. The van der Waals surface area contributed by atoms with E-state index in [2.05, 4.69) is 20.4 Å². The zero-order valence-corrected chi connectivity index (χ0v) is 20.2. The molecular formula is C27H26F2N4O3. The Hall–Kier alpha value is -4.14. The van der Waals surface area contributed by atoms with Crippen molar-refractivity contribution in [3.05, 3.63) is 89.1 Å². The third-order valence-corrected chi connectivity index (χ3v) is 5.83. The van der Waals surface area contributed by atoms with Gasteiger partial charge < -0.3 is 14.6 Å². The van der Waals surface area contributed by atoms with Crippen LogP contribution in [-0.2, 0) is 23.7 Å². The Bertz CT molecular complexity index is 1320. The van der Waals surface area contributed by atoms with Gasteiger partial charge in [-0.2, -0.15) is 0 Å². The number of rotatable bonds is 9. The minimum atomic E-state index is -2.87. The predicted molar refractivity (Wildman–Crippen MR) is 131 cm³/mol. The molecule has 0 unspecified atom stereocenters. The minimum Gasteiger partial charge on any atom is -0.471 e. The number of aromatic nitrogens is 3. The molecule has 0 bridgehead atoms. The molecule has 0 aliphatic carbocycles. The van der Waals surface area contributed by atoms with Crippen molar-refractivity contribution in [3.8, 4) is 17.1 Å². The van der Waals surface area contributed by atoms with Gasteiger partial charge in [0.15, 0.2) is 0 Å². The Kier molecular flexibility index (Phi) is 7.38. The largest absolute Gasteiger partial charge is 0.471 e. The van der Waals surface area contributed by atoms with E-state index in [9.17, 15) is 13.6 Å².